The summed E-state index contributed by atoms with van der Waals surface area (Å²) in [5.41, 5.74) is 0. The van der Waals surface area contributed by atoms with Crippen LogP contribution < -0.4 is 0 Å². The summed E-state index contributed by atoms with van der Waals surface area (Å²) in [6.07, 6.45) is 1.14. The van der Waals surface area contributed by atoms with Gasteiger partial charge in [0.1, 0.15) is 11.9 Å². The van der Waals surface area contributed by atoms with E-state index in [1.807, 2.05) is 0 Å². The van der Waals surface area contributed by atoms with Crippen LogP contribution in [-0.2, 0) is 4.29 Å². The molecule has 0 unspecified atom stereocenters. The van der Waals surface area contributed by atoms with Crippen molar-refractivity contribution in [1.82, 2.24) is 0 Å². The minimum Gasteiger partial charge on any atom is -0.373 e. The van der Waals surface area contributed by atoms with E-state index in [1.165, 1.54) is 0 Å². The Labute approximate surface area is 35.6 Å². The maximum absolute atomic E-state index is 4.65. The number of rotatable bonds is 1. The van der Waals surface area contributed by atoms with E-state index in [0.717, 1.165) is 6.40 Å². The second kappa shape index (κ2) is 3.76. The molecule has 0 saturated heterocycles. The van der Waals surface area contributed by atoms with Crippen LogP contribution in [0.5, 0.6) is 0 Å². The molecule has 0 bridgehead atoms. The fourth-order valence-corrected chi connectivity index (χ4v) is 0.120. The van der Waals surface area contributed by atoms with Gasteiger partial charge in [-0.2, -0.15) is 0 Å². The van der Waals surface area contributed by atoms with Crippen LogP contribution in [-0.4, -0.2) is 13.4 Å². The number of hydrogen-bond acceptors (Lipinski definition) is 2. The Hall–Kier alpha value is -0.240. The Morgan fingerprint density at radius 3 is 2.60 bits per heavy atom. The van der Waals surface area contributed by atoms with Gasteiger partial charge in [-0.25, -0.2) is 0 Å². The summed E-state index contributed by atoms with van der Waals surface area (Å²) >= 11 is 4.65. The van der Waals surface area contributed by atoms with Gasteiger partial charge in [0.15, 0.2) is 6.40 Å². The largest absolute Gasteiger partial charge is 0.373 e. The maximum atomic E-state index is 4.65. The van der Waals surface area contributed by atoms with Gasteiger partial charge in [-0.1, -0.05) is 0 Å². The Bertz CT molecular complexity index is 36.6. The zero-order chi connectivity index (χ0) is 4.12. The summed E-state index contributed by atoms with van der Waals surface area (Å²) in [6.45, 7) is 0. The van der Waals surface area contributed by atoms with E-state index in [1.54, 1.807) is 7.05 Å². The van der Waals surface area contributed by atoms with E-state index in [0.29, 0.717) is 0 Å². The molecule has 0 rings (SSSR count). The zero-order valence-corrected chi connectivity index (χ0v) is 3.57. The van der Waals surface area contributed by atoms with Crippen molar-refractivity contribution in [1.29, 1.82) is 0 Å². The first-order valence-electron chi connectivity index (χ1n) is 1.10. The standard InChI is InChI=1S/C2H4ClNO/c1-4-2-5-3/h2H,1H3/b4-2+. The summed E-state index contributed by atoms with van der Waals surface area (Å²) in [6, 6.07) is 0. The highest BCUT2D eigenvalue weighted by Gasteiger charge is 1.51. The number of halogens is 1. The molecule has 0 atom stereocenters. The minimum absolute atomic E-state index is 1.14. The first kappa shape index (κ1) is 4.76. The second-order valence-corrected chi connectivity index (χ2v) is 0.631. The molecule has 0 aliphatic carbocycles. The number of aliphatic imine (C=N–C) groups is 1. The molecule has 30 valence electrons. The molecule has 3 heteroatoms. The molecule has 0 spiro atoms. The number of hydrogen-bond donors (Lipinski definition) is 0. The SMILES string of the molecule is C/N=C/OCl. The van der Waals surface area contributed by atoms with E-state index in [4.69, 9.17) is 0 Å². The molecule has 0 heterocycles. The van der Waals surface area contributed by atoms with Gasteiger partial charge in [-0.3, -0.25) is 4.99 Å². The van der Waals surface area contributed by atoms with Crippen LogP contribution in [0.25, 0.3) is 0 Å². The van der Waals surface area contributed by atoms with E-state index >= 15 is 0 Å². The van der Waals surface area contributed by atoms with Crippen molar-refractivity contribution < 1.29 is 4.29 Å². The molecule has 0 aromatic carbocycles. The average molecular weight is 93.5 g/mol. The van der Waals surface area contributed by atoms with Gasteiger partial charge in [-0.15, -0.1) is 0 Å². The predicted molar refractivity (Wildman–Crippen MR) is 21.4 cm³/mol. The van der Waals surface area contributed by atoms with Crippen molar-refractivity contribution >= 4 is 18.3 Å². The fourth-order valence-electron chi connectivity index (χ4n) is 0.0398. The highest BCUT2D eigenvalue weighted by molar-refractivity contribution is 6.11. The minimum atomic E-state index is 1.14. The third kappa shape index (κ3) is 3.76. The summed E-state index contributed by atoms with van der Waals surface area (Å²) in [5, 5.41) is 0. The van der Waals surface area contributed by atoms with E-state index in [2.05, 4.69) is 21.1 Å². The van der Waals surface area contributed by atoms with Crippen LogP contribution >= 0.6 is 11.9 Å². The molecule has 0 saturated carbocycles. The van der Waals surface area contributed by atoms with E-state index < -0.39 is 0 Å². The lowest BCUT2D eigenvalue weighted by atomic mass is 11.4. The number of nitrogens with zero attached hydrogens (tertiary/aromatic N) is 1. The highest BCUT2D eigenvalue weighted by Crippen LogP contribution is 1.67. The monoisotopic (exact) mass is 93.0 g/mol. The van der Waals surface area contributed by atoms with Gasteiger partial charge >= 0.3 is 0 Å². The van der Waals surface area contributed by atoms with Gasteiger partial charge in [0.25, 0.3) is 0 Å². The average Bonchev–Trinajstić information content (AvgIpc) is 1.41. The molecule has 5 heavy (non-hydrogen) atoms. The molecule has 0 aliphatic heterocycles. The van der Waals surface area contributed by atoms with Crippen LogP contribution in [0, 0.1) is 0 Å². The first-order chi connectivity index (χ1) is 2.41. The van der Waals surface area contributed by atoms with E-state index in [9.17, 15) is 0 Å². The Balaban J connectivity index is 2.62. The Kier molecular flexibility index (Phi) is 3.58. The van der Waals surface area contributed by atoms with Crippen LogP contribution in [0.2, 0.25) is 0 Å². The summed E-state index contributed by atoms with van der Waals surface area (Å²) in [5.74, 6) is 0. The second-order valence-electron chi connectivity index (χ2n) is 0.453. The van der Waals surface area contributed by atoms with Gasteiger partial charge in [0.05, 0.1) is 0 Å². The lowest BCUT2D eigenvalue weighted by molar-refractivity contribution is 0.642. The zero-order valence-electron chi connectivity index (χ0n) is 2.81. The van der Waals surface area contributed by atoms with Crippen LogP contribution in [0.1, 0.15) is 0 Å². The van der Waals surface area contributed by atoms with Crippen molar-refractivity contribution in [2.24, 2.45) is 4.99 Å². The van der Waals surface area contributed by atoms with Crippen molar-refractivity contribution in [2.45, 2.75) is 0 Å². The molecule has 0 aliphatic rings. The van der Waals surface area contributed by atoms with Crippen LogP contribution in [0.3, 0.4) is 0 Å². The molecule has 0 amide bonds. The smallest absolute Gasteiger partial charge is 0.195 e. The molecule has 0 aromatic rings. The topological polar surface area (TPSA) is 21.6 Å². The maximum Gasteiger partial charge on any atom is 0.195 e. The molecular formula is C2H4ClNO. The van der Waals surface area contributed by atoms with Gasteiger partial charge < -0.3 is 4.29 Å². The fraction of sp³-hybridized carbons (Fsp3) is 0.500. The third-order valence-corrected chi connectivity index (χ3v) is 0.225. The lowest BCUT2D eigenvalue weighted by Crippen LogP contribution is -1.62. The predicted octanol–water partition coefficient (Wildman–Crippen LogP) is 0.815. The molecule has 0 radical (unpaired) electrons. The molecule has 0 fully saturated rings. The first-order valence-corrected chi connectivity index (χ1v) is 1.40. The molecular weight excluding hydrogens is 89.5 g/mol. The Morgan fingerprint density at radius 1 is 2.00 bits per heavy atom. The quantitative estimate of drug-likeness (QED) is 0.347. The van der Waals surface area contributed by atoms with Gasteiger partial charge in [0, 0.05) is 7.05 Å². The van der Waals surface area contributed by atoms with Crippen LogP contribution in [0.4, 0.5) is 0 Å². The van der Waals surface area contributed by atoms with Crippen LogP contribution in [0.15, 0.2) is 4.99 Å². The molecule has 0 N–H and O–H groups in total. The lowest BCUT2D eigenvalue weighted by Gasteiger charge is -1.69. The highest BCUT2D eigenvalue weighted by atomic mass is 35.5. The Morgan fingerprint density at radius 2 is 2.60 bits per heavy atom. The van der Waals surface area contributed by atoms with Crippen molar-refractivity contribution in [2.75, 3.05) is 7.05 Å². The summed E-state index contributed by atoms with van der Waals surface area (Å²) in [7, 11) is 1.57. The van der Waals surface area contributed by atoms with Crippen molar-refractivity contribution in [3.05, 3.63) is 0 Å². The van der Waals surface area contributed by atoms with Gasteiger partial charge in [-0.05, 0) is 0 Å². The molecule has 0 aromatic heterocycles. The summed E-state index contributed by atoms with van der Waals surface area (Å²) < 4.78 is 3.87. The van der Waals surface area contributed by atoms with Gasteiger partial charge in [0.2, 0.25) is 0 Å². The normalized spacial score (nSPS) is 9.20. The third-order valence-electron chi connectivity index (χ3n) is 0.145. The molecule has 2 nitrogen and oxygen atoms in total. The summed E-state index contributed by atoms with van der Waals surface area (Å²) in [4.78, 5) is 3.38. The van der Waals surface area contributed by atoms with Crippen molar-refractivity contribution in [3.8, 4) is 0 Å². The van der Waals surface area contributed by atoms with E-state index in [-0.39, 0.29) is 0 Å². The van der Waals surface area contributed by atoms with Crippen molar-refractivity contribution in [3.63, 3.8) is 0 Å².